The van der Waals surface area contributed by atoms with Gasteiger partial charge in [0.05, 0.1) is 29.4 Å². The second-order valence-electron chi connectivity index (χ2n) is 17.2. The van der Waals surface area contributed by atoms with Gasteiger partial charge in [-0.2, -0.15) is 0 Å². The van der Waals surface area contributed by atoms with Gasteiger partial charge in [-0.05, 0) is 80.8 Å². The number of ether oxygens (including phenoxy) is 3. The van der Waals surface area contributed by atoms with Crippen LogP contribution >= 0.6 is 45.3 Å². The molecule has 4 heterocycles. The molecule has 0 atom stereocenters. The fourth-order valence-electron chi connectivity index (χ4n) is 8.91. The molecular weight excluding hydrogens is 848 g/mol. The summed E-state index contributed by atoms with van der Waals surface area (Å²) in [6.45, 7) is 12.0. The number of thiophene rings is 4. The van der Waals surface area contributed by atoms with Crippen LogP contribution in [0.4, 0.5) is 4.39 Å². The number of unbranched alkanes of at least 4 members (excludes halogenated alkanes) is 18. The minimum absolute atomic E-state index is 0.0519. The molecule has 3 aromatic carbocycles. The van der Waals surface area contributed by atoms with Crippen molar-refractivity contribution in [2.45, 2.75) is 163 Å². The fourth-order valence-corrected chi connectivity index (χ4v) is 13.4. The van der Waals surface area contributed by atoms with Crippen molar-refractivity contribution in [3.8, 4) is 21.3 Å². The van der Waals surface area contributed by atoms with Gasteiger partial charge in [-0.15, -0.1) is 45.3 Å². The molecule has 0 fully saturated rings. The molecule has 0 bridgehead atoms. The highest BCUT2D eigenvalue weighted by molar-refractivity contribution is 7.30. The Morgan fingerprint density at radius 2 is 1.02 bits per heavy atom. The Hall–Kier alpha value is -3.24. The lowest BCUT2D eigenvalue weighted by Crippen LogP contribution is -2.03. The zero-order valence-electron chi connectivity index (χ0n) is 37.9. The normalized spacial score (nSPS) is 12.0. The van der Waals surface area contributed by atoms with E-state index < -0.39 is 11.8 Å². The van der Waals surface area contributed by atoms with Crippen molar-refractivity contribution in [3.05, 3.63) is 56.8 Å². The highest BCUT2D eigenvalue weighted by atomic mass is 32.1. The van der Waals surface area contributed by atoms with Crippen molar-refractivity contribution in [1.29, 1.82) is 0 Å². The van der Waals surface area contributed by atoms with Crippen LogP contribution in [0.2, 0.25) is 0 Å². The summed E-state index contributed by atoms with van der Waals surface area (Å²) in [7, 11) is 0. The van der Waals surface area contributed by atoms with Gasteiger partial charge in [0.15, 0.2) is 5.82 Å². The minimum Gasteiger partial charge on any atom is -0.492 e. The summed E-state index contributed by atoms with van der Waals surface area (Å²) >= 11 is 6.30. The van der Waals surface area contributed by atoms with Crippen LogP contribution in [-0.4, -0.2) is 25.8 Å². The molecule has 0 amide bonds. The molecule has 0 spiro atoms. The lowest BCUT2D eigenvalue weighted by Gasteiger charge is -2.19. The number of esters is 1. The number of carbonyl (C=O) groups excluding carboxylic acids is 1. The van der Waals surface area contributed by atoms with Gasteiger partial charge in [0.2, 0.25) is 0 Å². The van der Waals surface area contributed by atoms with Crippen molar-refractivity contribution >= 4 is 103 Å². The van der Waals surface area contributed by atoms with Crippen molar-refractivity contribution in [2.24, 2.45) is 0 Å². The van der Waals surface area contributed by atoms with Crippen LogP contribution in [0.1, 0.15) is 169 Å². The van der Waals surface area contributed by atoms with Gasteiger partial charge < -0.3 is 14.2 Å². The van der Waals surface area contributed by atoms with Crippen molar-refractivity contribution in [2.75, 3.05) is 19.8 Å². The molecule has 0 aliphatic rings. The summed E-state index contributed by atoms with van der Waals surface area (Å²) in [6, 6.07) is 13.7. The van der Waals surface area contributed by atoms with E-state index in [0.29, 0.717) is 18.6 Å². The van der Waals surface area contributed by atoms with E-state index in [-0.39, 0.29) is 11.5 Å². The molecule has 9 heteroatoms. The molecule has 62 heavy (non-hydrogen) atoms. The molecule has 7 aromatic rings. The van der Waals surface area contributed by atoms with E-state index in [1.807, 2.05) is 18.3 Å². The SMILES string of the molecule is CCCCCCCCCCCCOc1c2cc3cc(-c4sc(C)c5sc(C(=O)OCC)c(F)c45)sc3cc2c(OCCCCCCCCCCCC)c2cc3cc(C)sc3cc12. The number of fused-ring (bicyclic) bond motifs is 5. The average molecular weight is 915 g/mol. The van der Waals surface area contributed by atoms with Gasteiger partial charge >= 0.3 is 5.97 Å². The predicted molar refractivity (Wildman–Crippen MR) is 271 cm³/mol. The van der Waals surface area contributed by atoms with Crippen LogP contribution in [0.5, 0.6) is 11.5 Å². The van der Waals surface area contributed by atoms with Gasteiger partial charge in [-0.3, -0.25) is 0 Å². The van der Waals surface area contributed by atoms with Crippen LogP contribution in [0.15, 0.2) is 36.4 Å². The fraction of sp³-hybridized carbons (Fsp3) is 0.528. The van der Waals surface area contributed by atoms with E-state index in [4.69, 9.17) is 14.2 Å². The third kappa shape index (κ3) is 11.2. The molecule has 0 saturated carbocycles. The third-order valence-corrected chi connectivity index (χ3v) is 17.0. The van der Waals surface area contributed by atoms with Gasteiger partial charge in [0, 0.05) is 51.0 Å². The molecule has 0 saturated heterocycles. The van der Waals surface area contributed by atoms with Crippen LogP contribution in [0.3, 0.4) is 0 Å². The summed E-state index contributed by atoms with van der Waals surface area (Å²) in [4.78, 5) is 16.9. The lowest BCUT2D eigenvalue weighted by molar-refractivity contribution is 0.0527. The molecule has 4 aromatic heterocycles. The average Bonchev–Trinajstić information content (AvgIpc) is 4.03. The Morgan fingerprint density at radius 3 is 1.53 bits per heavy atom. The maximum absolute atomic E-state index is 16.1. The number of halogens is 1. The Kier molecular flexibility index (Phi) is 17.4. The third-order valence-electron chi connectivity index (χ3n) is 12.2. The van der Waals surface area contributed by atoms with Crippen LogP contribution < -0.4 is 9.47 Å². The van der Waals surface area contributed by atoms with E-state index in [1.165, 1.54) is 142 Å². The second kappa shape index (κ2) is 23.1. The Labute approximate surface area is 385 Å². The topological polar surface area (TPSA) is 44.8 Å². The van der Waals surface area contributed by atoms with E-state index in [1.54, 1.807) is 29.6 Å². The summed E-state index contributed by atoms with van der Waals surface area (Å²) < 4.78 is 38.4. The monoisotopic (exact) mass is 914 g/mol. The predicted octanol–water partition coefficient (Wildman–Crippen LogP) is 18.9. The highest BCUT2D eigenvalue weighted by Crippen LogP contribution is 2.51. The van der Waals surface area contributed by atoms with E-state index in [9.17, 15) is 4.79 Å². The molecular formula is C53H67FO4S4. The zero-order chi connectivity index (χ0) is 43.4. The lowest BCUT2D eigenvalue weighted by atomic mass is 9.98. The van der Waals surface area contributed by atoms with Crippen LogP contribution in [0.25, 0.3) is 61.6 Å². The van der Waals surface area contributed by atoms with E-state index in [0.717, 1.165) is 75.3 Å². The summed E-state index contributed by atoms with van der Waals surface area (Å²) in [5, 5.41) is 7.19. The zero-order valence-corrected chi connectivity index (χ0v) is 41.1. The molecule has 0 aliphatic carbocycles. The minimum atomic E-state index is -0.595. The van der Waals surface area contributed by atoms with Crippen LogP contribution in [-0.2, 0) is 4.74 Å². The number of hydrogen-bond acceptors (Lipinski definition) is 8. The number of rotatable bonds is 27. The summed E-state index contributed by atoms with van der Waals surface area (Å²) in [5.41, 5.74) is 0. The van der Waals surface area contributed by atoms with E-state index >= 15 is 4.39 Å². The number of benzene rings is 3. The van der Waals surface area contributed by atoms with Gasteiger partial charge in [-0.25, -0.2) is 9.18 Å². The van der Waals surface area contributed by atoms with Gasteiger partial charge in [0.1, 0.15) is 16.4 Å². The van der Waals surface area contributed by atoms with Crippen molar-refractivity contribution in [3.63, 3.8) is 0 Å². The first kappa shape index (κ1) is 46.7. The molecule has 334 valence electrons. The summed E-state index contributed by atoms with van der Waals surface area (Å²) in [5.74, 6) is 0.786. The molecule has 4 nitrogen and oxygen atoms in total. The first-order valence-electron chi connectivity index (χ1n) is 23.8. The smallest absolute Gasteiger partial charge is 0.351 e. The largest absolute Gasteiger partial charge is 0.492 e. The first-order chi connectivity index (χ1) is 30.3. The van der Waals surface area contributed by atoms with Gasteiger partial charge in [-0.1, -0.05) is 129 Å². The van der Waals surface area contributed by atoms with Crippen molar-refractivity contribution < 1.29 is 23.4 Å². The van der Waals surface area contributed by atoms with Crippen LogP contribution in [0, 0.1) is 19.7 Å². The van der Waals surface area contributed by atoms with E-state index in [2.05, 4.69) is 57.2 Å². The Morgan fingerprint density at radius 1 is 0.548 bits per heavy atom. The second-order valence-corrected chi connectivity index (χ2v) is 21.8. The molecule has 0 unspecified atom stereocenters. The first-order valence-corrected chi connectivity index (χ1v) is 27.1. The highest BCUT2D eigenvalue weighted by Gasteiger charge is 2.27. The quantitative estimate of drug-likeness (QED) is 0.0293. The Balaban J connectivity index is 1.21. The standard InChI is InChI=1S/C53H67FO4S4/c1-6-9-11-13-15-17-19-21-23-25-27-57-48-39-30-37-29-35(4)59-43(37)33-41(39)49(58-28-26-24-22-20-18-16-14-12-10-7-2)40-31-38-32-45(61-44(38)34-42(40)48)51-46-47(54)52(53(55)56-8-3)62-50(46)36(5)60-51/h29-34H,6-28H2,1-5H3. The maximum Gasteiger partial charge on any atom is 0.351 e. The molecule has 0 N–H and O–H groups in total. The maximum atomic E-state index is 16.1. The molecule has 7 rings (SSSR count). The summed E-state index contributed by atoms with van der Waals surface area (Å²) in [6.07, 6.45) is 25.6. The number of aryl methyl sites for hydroxylation is 2. The van der Waals surface area contributed by atoms with Crippen molar-refractivity contribution in [1.82, 2.24) is 0 Å². The Bertz CT molecular complexity index is 2440. The number of hydrogen-bond donors (Lipinski definition) is 0. The number of carbonyl (C=O) groups is 1. The molecule has 0 radical (unpaired) electrons. The molecule has 0 aliphatic heterocycles. The van der Waals surface area contributed by atoms with Gasteiger partial charge in [0.25, 0.3) is 0 Å².